The fraction of sp³-hybridized carbons (Fsp3) is 0.190. The zero-order valence-corrected chi connectivity index (χ0v) is 15.4. The van der Waals surface area contributed by atoms with E-state index in [0.717, 1.165) is 10.9 Å². The van der Waals surface area contributed by atoms with Gasteiger partial charge in [-0.15, -0.1) is 0 Å². The van der Waals surface area contributed by atoms with E-state index in [1.807, 2.05) is 42.5 Å². The number of benzene rings is 2. The second-order valence-electron chi connectivity index (χ2n) is 5.96. The van der Waals surface area contributed by atoms with Crippen LogP contribution in [0.5, 0.6) is 0 Å². The van der Waals surface area contributed by atoms with Crippen LogP contribution in [0.4, 0.5) is 5.69 Å². The van der Waals surface area contributed by atoms with Gasteiger partial charge in [0.1, 0.15) is 11.4 Å². The molecule has 6 heteroatoms. The van der Waals surface area contributed by atoms with Gasteiger partial charge in [0.2, 0.25) is 0 Å². The predicted octanol–water partition coefficient (Wildman–Crippen LogP) is 3.45. The average molecular weight is 364 g/mol. The minimum absolute atomic E-state index is 0.146. The summed E-state index contributed by atoms with van der Waals surface area (Å²) in [5.41, 5.74) is 2.79. The topological polar surface area (TPSA) is 69.9 Å². The lowest BCUT2D eigenvalue weighted by atomic mass is 10.0. The number of carbonyl (C=O) groups is 2. The van der Waals surface area contributed by atoms with Gasteiger partial charge in [-0.3, -0.25) is 0 Å². The summed E-state index contributed by atoms with van der Waals surface area (Å²) in [7, 11) is 4.44. The lowest BCUT2D eigenvalue weighted by Crippen LogP contribution is -2.20. The second kappa shape index (κ2) is 7.86. The number of ether oxygens (including phenoxy) is 2. The highest BCUT2D eigenvalue weighted by Crippen LogP contribution is 2.27. The molecule has 1 aromatic heterocycles. The molecule has 0 fully saturated rings. The molecule has 0 radical (unpaired) electrons. The van der Waals surface area contributed by atoms with Crippen molar-refractivity contribution in [3.05, 3.63) is 65.9 Å². The van der Waals surface area contributed by atoms with Crippen molar-refractivity contribution >= 4 is 34.2 Å². The van der Waals surface area contributed by atoms with Crippen LogP contribution in [0.1, 0.15) is 16.1 Å². The van der Waals surface area contributed by atoms with E-state index in [2.05, 4.69) is 4.99 Å². The minimum Gasteiger partial charge on any atom is -0.465 e. The Morgan fingerprint density at radius 1 is 0.963 bits per heavy atom. The van der Waals surface area contributed by atoms with Crippen LogP contribution in [0.25, 0.3) is 10.9 Å². The summed E-state index contributed by atoms with van der Waals surface area (Å²) in [4.78, 5) is 29.2. The number of hydrogen-bond donors (Lipinski definition) is 0. The number of para-hydroxylation sites is 2. The Hall–Kier alpha value is -3.41. The lowest BCUT2D eigenvalue weighted by molar-refractivity contribution is -0.132. The van der Waals surface area contributed by atoms with Crippen LogP contribution in [0.2, 0.25) is 0 Å². The Morgan fingerprint density at radius 2 is 1.63 bits per heavy atom. The lowest BCUT2D eigenvalue weighted by Gasteiger charge is -2.08. The second-order valence-corrected chi connectivity index (χ2v) is 5.96. The maximum atomic E-state index is 12.4. The quantitative estimate of drug-likeness (QED) is 0.514. The van der Waals surface area contributed by atoms with Crippen LogP contribution in [0, 0.1) is 0 Å². The first-order chi connectivity index (χ1) is 13.1. The van der Waals surface area contributed by atoms with Crippen LogP contribution in [0.15, 0.2) is 59.6 Å². The van der Waals surface area contributed by atoms with Crippen molar-refractivity contribution in [1.82, 2.24) is 4.57 Å². The van der Waals surface area contributed by atoms with E-state index >= 15 is 0 Å². The highest BCUT2D eigenvalue weighted by Gasteiger charge is 2.25. The Balaban J connectivity index is 2.16. The van der Waals surface area contributed by atoms with Crippen molar-refractivity contribution < 1.29 is 19.1 Å². The van der Waals surface area contributed by atoms with Crippen molar-refractivity contribution in [2.24, 2.45) is 12.0 Å². The molecule has 0 aliphatic heterocycles. The summed E-state index contributed by atoms with van der Waals surface area (Å²) in [5.74, 6) is -1.00. The summed E-state index contributed by atoms with van der Waals surface area (Å²) in [6.45, 7) is 0. The van der Waals surface area contributed by atoms with Crippen LogP contribution in [-0.2, 0) is 27.7 Å². The Bertz CT molecular complexity index is 1020. The van der Waals surface area contributed by atoms with Gasteiger partial charge in [-0.2, -0.15) is 0 Å². The average Bonchev–Trinajstić information content (AvgIpc) is 2.99. The van der Waals surface area contributed by atoms with Crippen molar-refractivity contribution in [2.75, 3.05) is 14.2 Å². The highest BCUT2D eigenvalue weighted by molar-refractivity contribution is 6.37. The number of aryl methyl sites for hydroxylation is 1. The van der Waals surface area contributed by atoms with E-state index in [0.29, 0.717) is 16.9 Å². The number of aliphatic imine (C=N–C) groups is 1. The first kappa shape index (κ1) is 18.4. The molecule has 0 saturated heterocycles. The molecule has 2 aromatic carbocycles. The largest absolute Gasteiger partial charge is 0.465 e. The molecule has 27 heavy (non-hydrogen) atoms. The molecule has 0 unspecified atom stereocenters. The van der Waals surface area contributed by atoms with Gasteiger partial charge in [0, 0.05) is 24.4 Å². The molecular formula is C21H20N2O4. The van der Waals surface area contributed by atoms with Gasteiger partial charge in [-0.1, -0.05) is 36.4 Å². The third-order valence-corrected chi connectivity index (χ3v) is 4.38. The number of esters is 2. The number of aromatic nitrogens is 1. The smallest absolute Gasteiger partial charge is 0.354 e. The van der Waals surface area contributed by atoms with Crippen LogP contribution in [-0.4, -0.2) is 36.4 Å². The van der Waals surface area contributed by atoms with Gasteiger partial charge < -0.3 is 14.0 Å². The Kier molecular flexibility index (Phi) is 5.35. The number of hydrogen-bond acceptors (Lipinski definition) is 5. The summed E-state index contributed by atoms with van der Waals surface area (Å²) in [6, 6.07) is 16.8. The van der Waals surface area contributed by atoms with E-state index in [-0.39, 0.29) is 12.1 Å². The highest BCUT2D eigenvalue weighted by atomic mass is 16.5. The SMILES string of the molecule is COC(=O)C(Cc1c(C(=O)OC)n(C)c2ccccc12)=Nc1ccccc1. The van der Waals surface area contributed by atoms with E-state index in [1.165, 1.54) is 14.2 Å². The fourth-order valence-electron chi connectivity index (χ4n) is 3.11. The molecule has 0 spiro atoms. The zero-order valence-electron chi connectivity index (χ0n) is 15.4. The van der Waals surface area contributed by atoms with Gasteiger partial charge >= 0.3 is 11.9 Å². The van der Waals surface area contributed by atoms with E-state index in [1.54, 1.807) is 23.7 Å². The predicted molar refractivity (Wildman–Crippen MR) is 104 cm³/mol. The third-order valence-electron chi connectivity index (χ3n) is 4.38. The summed E-state index contributed by atoms with van der Waals surface area (Å²) in [5, 5.41) is 0.866. The number of methoxy groups -OCH3 is 2. The van der Waals surface area contributed by atoms with Crippen LogP contribution >= 0.6 is 0 Å². The van der Waals surface area contributed by atoms with Crippen molar-refractivity contribution in [3.63, 3.8) is 0 Å². The standard InChI is InChI=1S/C21H20N2O4/c1-23-18-12-8-7-11-15(18)16(19(23)21(25)27-3)13-17(20(24)26-2)22-14-9-5-4-6-10-14/h4-12H,13H2,1-3H3. The Morgan fingerprint density at radius 3 is 2.30 bits per heavy atom. The van der Waals surface area contributed by atoms with Gasteiger partial charge in [0.15, 0.2) is 0 Å². The minimum atomic E-state index is -0.539. The van der Waals surface area contributed by atoms with Gasteiger partial charge in [-0.05, 0) is 23.8 Å². The molecule has 3 aromatic rings. The molecule has 138 valence electrons. The van der Waals surface area contributed by atoms with E-state index in [4.69, 9.17) is 9.47 Å². The van der Waals surface area contributed by atoms with Gasteiger partial charge in [-0.25, -0.2) is 14.6 Å². The third kappa shape index (κ3) is 3.60. The molecule has 1 heterocycles. The maximum Gasteiger partial charge on any atom is 0.354 e. The fourth-order valence-corrected chi connectivity index (χ4v) is 3.11. The summed E-state index contributed by atoms with van der Waals surface area (Å²) in [6.07, 6.45) is 0.146. The molecule has 0 bridgehead atoms. The molecule has 0 N–H and O–H groups in total. The van der Waals surface area contributed by atoms with E-state index in [9.17, 15) is 9.59 Å². The van der Waals surface area contributed by atoms with Crippen LogP contribution in [0.3, 0.4) is 0 Å². The number of fused-ring (bicyclic) bond motifs is 1. The monoisotopic (exact) mass is 364 g/mol. The summed E-state index contributed by atoms with van der Waals surface area (Å²) >= 11 is 0. The molecular weight excluding hydrogens is 344 g/mol. The molecule has 0 amide bonds. The first-order valence-corrected chi connectivity index (χ1v) is 8.42. The van der Waals surface area contributed by atoms with Gasteiger partial charge in [0.25, 0.3) is 0 Å². The molecule has 3 rings (SSSR count). The van der Waals surface area contributed by atoms with Crippen molar-refractivity contribution in [2.45, 2.75) is 6.42 Å². The number of carbonyl (C=O) groups excluding carboxylic acids is 2. The molecule has 0 aliphatic carbocycles. The normalized spacial score (nSPS) is 11.4. The molecule has 0 aliphatic rings. The summed E-state index contributed by atoms with van der Waals surface area (Å²) < 4.78 is 11.6. The van der Waals surface area contributed by atoms with Crippen LogP contribution < -0.4 is 0 Å². The maximum absolute atomic E-state index is 12.4. The van der Waals surface area contributed by atoms with Crippen molar-refractivity contribution in [3.8, 4) is 0 Å². The molecule has 0 saturated carbocycles. The molecule has 6 nitrogen and oxygen atoms in total. The Labute approximate surface area is 157 Å². The van der Waals surface area contributed by atoms with Gasteiger partial charge in [0.05, 0.1) is 19.9 Å². The number of rotatable bonds is 5. The zero-order chi connectivity index (χ0) is 19.4. The number of nitrogens with zero attached hydrogens (tertiary/aromatic N) is 2. The van der Waals surface area contributed by atoms with Crippen molar-refractivity contribution in [1.29, 1.82) is 0 Å². The molecule has 0 atom stereocenters. The van der Waals surface area contributed by atoms with E-state index < -0.39 is 11.9 Å². The first-order valence-electron chi connectivity index (χ1n) is 8.42.